The Morgan fingerprint density at radius 2 is 1.73 bits per heavy atom. The molecule has 0 aromatic heterocycles. The first kappa shape index (κ1) is 14.7. The van der Waals surface area contributed by atoms with Gasteiger partial charge in [0.2, 0.25) is 0 Å². The van der Waals surface area contributed by atoms with E-state index >= 15 is 0 Å². The Bertz CT molecular complexity index is 59.8. The van der Waals surface area contributed by atoms with Gasteiger partial charge in [-0.2, -0.15) is 0 Å². The van der Waals surface area contributed by atoms with Crippen molar-refractivity contribution in [3.05, 3.63) is 7.05 Å². The zero-order valence-electron chi connectivity index (χ0n) is 6.34. The molecular weight excluding hydrogens is 366 g/mol. The van der Waals surface area contributed by atoms with Gasteiger partial charge >= 0.3 is 35.3 Å². The Hall–Kier alpha value is 1.19. The van der Waals surface area contributed by atoms with Crippen molar-refractivity contribution >= 4 is 18.8 Å². The summed E-state index contributed by atoms with van der Waals surface area (Å²) < 4.78 is 0. The quantitative estimate of drug-likeness (QED) is 0.682. The van der Waals surface area contributed by atoms with Gasteiger partial charge in [-0.15, -0.1) is 0 Å². The van der Waals surface area contributed by atoms with Crippen molar-refractivity contribution in [2.24, 2.45) is 17.4 Å². The van der Waals surface area contributed by atoms with Crippen molar-refractivity contribution in [3.63, 3.8) is 0 Å². The Balaban J connectivity index is 0. The molecule has 0 atom stereocenters. The molecule has 0 aromatic rings. The number of hydrogen-bond donors (Lipinski definition) is 2. The minimum atomic E-state index is -0.472. The van der Waals surface area contributed by atoms with Crippen LogP contribution in [0.15, 0.2) is 0 Å². The summed E-state index contributed by atoms with van der Waals surface area (Å²) in [7, 11) is 12.5. The molecule has 1 aliphatic carbocycles. The first-order valence-corrected chi connectivity index (χ1v) is 8.91. The molecule has 1 fully saturated rings. The van der Waals surface area contributed by atoms with Crippen LogP contribution in [0.1, 0.15) is 19.3 Å². The van der Waals surface area contributed by atoms with Crippen LogP contribution in [0.2, 0.25) is 0 Å². The maximum absolute atomic E-state index is 5.33. The zero-order chi connectivity index (χ0) is 9.11. The van der Waals surface area contributed by atoms with Crippen molar-refractivity contribution in [1.29, 1.82) is 0 Å². The molecule has 0 amide bonds. The second kappa shape index (κ2) is 13.8. The van der Waals surface area contributed by atoms with E-state index in [-0.39, 0.29) is 0 Å². The van der Waals surface area contributed by atoms with E-state index in [0.29, 0.717) is 0 Å². The predicted octanol–water partition coefficient (Wildman–Crippen LogP) is 1.86. The summed E-state index contributed by atoms with van der Waals surface area (Å²) in [5.41, 5.74) is 9.58. The normalized spacial score (nSPS) is 15.4. The van der Waals surface area contributed by atoms with Crippen molar-refractivity contribution in [2.45, 2.75) is 19.3 Å². The van der Waals surface area contributed by atoms with E-state index in [9.17, 15) is 0 Å². The summed E-state index contributed by atoms with van der Waals surface area (Å²) in [4.78, 5) is 0. The first-order valence-electron chi connectivity index (χ1n) is 3.28. The molecule has 74 valence electrons. The van der Waals surface area contributed by atoms with Crippen LogP contribution in [-0.4, -0.2) is 6.54 Å². The van der Waals surface area contributed by atoms with E-state index in [1.807, 2.05) is 0 Å². The van der Waals surface area contributed by atoms with Crippen molar-refractivity contribution in [3.8, 4) is 0 Å². The molecule has 0 aromatic carbocycles. The fourth-order valence-corrected chi connectivity index (χ4v) is 0.729. The molecule has 5 heteroatoms. The monoisotopic (exact) mass is 380 g/mol. The second-order valence-electron chi connectivity index (χ2n) is 2.08. The number of nitrogens with two attached hydrogens (primary N) is 2. The number of rotatable bonds is 1. The maximum atomic E-state index is 5.33. The van der Waals surface area contributed by atoms with Gasteiger partial charge in [0.15, 0.2) is 0 Å². The first-order chi connectivity index (χ1) is 5.35. The summed E-state index contributed by atoms with van der Waals surface area (Å²) in [5, 5.41) is 0. The third-order valence-electron chi connectivity index (χ3n) is 1.56. The Morgan fingerprint density at radius 1 is 1.36 bits per heavy atom. The zero-order valence-corrected chi connectivity index (χ0v) is 10.1. The molecular formula is C6H15Cl2N2Pt-. The fourth-order valence-electron chi connectivity index (χ4n) is 0.729. The topological polar surface area (TPSA) is 52.0 Å². The van der Waals surface area contributed by atoms with Crippen LogP contribution in [0.5, 0.6) is 0 Å². The molecule has 11 heavy (non-hydrogen) atoms. The average molecular weight is 381 g/mol. The molecule has 0 unspecified atom stereocenters. The van der Waals surface area contributed by atoms with E-state index in [1.165, 1.54) is 19.3 Å². The van der Waals surface area contributed by atoms with Crippen LogP contribution in [0.25, 0.3) is 0 Å². The molecule has 1 rings (SSSR count). The average Bonchev–Trinajstić information content (AvgIpc) is 1.91. The van der Waals surface area contributed by atoms with Crippen molar-refractivity contribution < 1.29 is 16.5 Å². The molecule has 2 nitrogen and oxygen atoms in total. The second-order valence-corrected chi connectivity index (χ2v) is 5.36. The van der Waals surface area contributed by atoms with E-state index in [2.05, 4.69) is 12.8 Å². The van der Waals surface area contributed by atoms with Gasteiger partial charge in [-0.3, -0.25) is 7.05 Å². The minimum absolute atomic E-state index is 0.472. The Morgan fingerprint density at radius 3 is 1.73 bits per heavy atom. The molecule has 1 aliphatic rings. The van der Waals surface area contributed by atoms with Gasteiger partial charge in [-0.05, 0) is 25.3 Å². The predicted molar refractivity (Wildman–Crippen MR) is 47.6 cm³/mol. The third kappa shape index (κ3) is 11.2. The van der Waals surface area contributed by atoms with E-state index in [0.717, 1.165) is 12.5 Å². The molecule has 0 bridgehead atoms. The summed E-state index contributed by atoms with van der Waals surface area (Å²) in [6, 6.07) is 0. The van der Waals surface area contributed by atoms with E-state index < -0.39 is 16.5 Å². The van der Waals surface area contributed by atoms with E-state index in [1.54, 1.807) is 0 Å². The van der Waals surface area contributed by atoms with Crippen LogP contribution in [0, 0.1) is 13.0 Å². The summed E-state index contributed by atoms with van der Waals surface area (Å²) in [6.07, 6.45) is 4.19. The van der Waals surface area contributed by atoms with Gasteiger partial charge in [0.05, 0.1) is 0 Å². The van der Waals surface area contributed by atoms with E-state index in [4.69, 9.17) is 24.6 Å². The van der Waals surface area contributed by atoms with Gasteiger partial charge in [-0.1, -0.05) is 6.42 Å². The van der Waals surface area contributed by atoms with Crippen molar-refractivity contribution in [1.82, 2.24) is 0 Å². The van der Waals surface area contributed by atoms with Gasteiger partial charge in [-0.25, -0.2) is 0 Å². The van der Waals surface area contributed by atoms with Gasteiger partial charge < -0.3 is 11.5 Å². The number of halogens is 2. The van der Waals surface area contributed by atoms with Crippen LogP contribution in [0.4, 0.5) is 0 Å². The molecule has 4 N–H and O–H groups in total. The fraction of sp³-hybridized carbons (Fsp3) is 0.833. The molecule has 0 aliphatic heterocycles. The van der Waals surface area contributed by atoms with Gasteiger partial charge in [0.25, 0.3) is 0 Å². The number of hydrogen-bond acceptors (Lipinski definition) is 2. The van der Waals surface area contributed by atoms with Crippen LogP contribution < -0.4 is 11.5 Å². The standard InChI is InChI=1S/C5H11N.CH4N.2ClH.Pt/c6-4-5-2-1-3-5;1-2;;;/h5H,1-4,6H2;1-2H2;2*1H;/q;-1;;;+2/p-2. The van der Waals surface area contributed by atoms with Crippen LogP contribution >= 0.6 is 18.8 Å². The van der Waals surface area contributed by atoms with Gasteiger partial charge in [0, 0.05) is 0 Å². The van der Waals surface area contributed by atoms with Crippen LogP contribution in [0.3, 0.4) is 0 Å². The third-order valence-corrected chi connectivity index (χ3v) is 1.56. The summed E-state index contributed by atoms with van der Waals surface area (Å²) in [6.45, 7) is 0.917. The Kier molecular flexibility index (Phi) is 18.4. The Labute approximate surface area is 85.4 Å². The SMILES string of the molecule is NCC1CCC1.[CH2-]N.[Cl][Pt][Cl]. The molecule has 0 heterocycles. The van der Waals surface area contributed by atoms with Crippen molar-refractivity contribution in [2.75, 3.05) is 6.54 Å². The van der Waals surface area contributed by atoms with Gasteiger partial charge in [0.1, 0.15) is 0 Å². The summed E-state index contributed by atoms with van der Waals surface area (Å²) in [5.74, 6) is 0.894. The summed E-state index contributed by atoms with van der Waals surface area (Å²) >= 11 is -0.472. The molecule has 0 saturated heterocycles. The molecule has 0 radical (unpaired) electrons. The molecule has 0 spiro atoms. The molecule has 1 saturated carbocycles. The van der Waals surface area contributed by atoms with Crippen LogP contribution in [-0.2, 0) is 16.5 Å².